The molecule has 0 radical (unpaired) electrons. The molecular formula is C17H18F2N4OS. The van der Waals surface area contributed by atoms with E-state index in [1.165, 1.54) is 6.07 Å². The summed E-state index contributed by atoms with van der Waals surface area (Å²) in [6.07, 6.45) is 2.23. The van der Waals surface area contributed by atoms with Gasteiger partial charge in [0.15, 0.2) is 16.5 Å². The van der Waals surface area contributed by atoms with Crippen LogP contribution in [0, 0.1) is 25.5 Å². The minimum Gasteiger partial charge on any atom is -0.611 e. The van der Waals surface area contributed by atoms with Crippen molar-refractivity contribution < 1.29 is 13.3 Å². The number of benzene rings is 1. The first kappa shape index (κ1) is 17.6. The van der Waals surface area contributed by atoms with Gasteiger partial charge in [-0.15, -0.1) is 0 Å². The molecule has 3 aromatic rings. The highest BCUT2D eigenvalue weighted by atomic mass is 32.2. The Morgan fingerprint density at radius 3 is 2.76 bits per heavy atom. The van der Waals surface area contributed by atoms with Gasteiger partial charge in [-0.1, -0.05) is 0 Å². The minimum atomic E-state index is -1.53. The Balaban J connectivity index is 1.73. The average Bonchev–Trinajstić information content (AvgIpc) is 2.97. The topological polar surface area (TPSA) is 79.8 Å². The Morgan fingerprint density at radius 2 is 2.04 bits per heavy atom. The molecule has 0 aliphatic rings. The van der Waals surface area contributed by atoms with Gasteiger partial charge in [0.1, 0.15) is 17.1 Å². The SMILES string of the molecule is Cc1nc(N)c2ncn(CCC[S+]([O-])c3ccc(F)cc3F)c2c1C. The predicted molar refractivity (Wildman–Crippen MR) is 93.7 cm³/mol. The van der Waals surface area contributed by atoms with Crippen LogP contribution >= 0.6 is 0 Å². The summed E-state index contributed by atoms with van der Waals surface area (Å²) < 4.78 is 40.8. The first-order chi connectivity index (χ1) is 11.9. The highest BCUT2D eigenvalue weighted by molar-refractivity contribution is 7.91. The van der Waals surface area contributed by atoms with Crippen molar-refractivity contribution in [1.29, 1.82) is 0 Å². The third-order valence-electron chi connectivity index (χ3n) is 4.13. The Bertz CT molecular complexity index is 929. The average molecular weight is 364 g/mol. The van der Waals surface area contributed by atoms with E-state index >= 15 is 0 Å². The quantitative estimate of drug-likeness (QED) is 0.706. The number of nitrogens with two attached hydrogens (primary N) is 1. The zero-order valence-corrected chi connectivity index (χ0v) is 14.7. The summed E-state index contributed by atoms with van der Waals surface area (Å²) in [5, 5.41) is 0. The van der Waals surface area contributed by atoms with E-state index in [0.717, 1.165) is 28.9 Å². The maximum absolute atomic E-state index is 13.7. The van der Waals surface area contributed by atoms with Crippen LogP contribution in [0.5, 0.6) is 0 Å². The molecule has 0 aliphatic carbocycles. The molecule has 2 aromatic heterocycles. The van der Waals surface area contributed by atoms with Crippen LogP contribution in [-0.4, -0.2) is 24.8 Å². The van der Waals surface area contributed by atoms with Crippen molar-refractivity contribution in [3.8, 4) is 0 Å². The van der Waals surface area contributed by atoms with Crippen molar-refractivity contribution in [3.05, 3.63) is 47.4 Å². The number of nitrogen functional groups attached to an aromatic ring is 1. The highest BCUT2D eigenvalue weighted by Gasteiger charge is 2.18. The van der Waals surface area contributed by atoms with E-state index in [1.807, 2.05) is 18.4 Å². The number of fused-ring (bicyclic) bond motifs is 1. The van der Waals surface area contributed by atoms with Gasteiger partial charge < -0.3 is 14.9 Å². The van der Waals surface area contributed by atoms with Crippen LogP contribution < -0.4 is 5.73 Å². The number of pyridine rings is 1. The fraction of sp³-hybridized carbons (Fsp3) is 0.294. The maximum Gasteiger partial charge on any atom is 0.188 e. The molecule has 25 heavy (non-hydrogen) atoms. The third kappa shape index (κ3) is 3.45. The van der Waals surface area contributed by atoms with Crippen LogP contribution in [0.25, 0.3) is 11.0 Å². The molecule has 1 atom stereocenters. The second-order valence-electron chi connectivity index (χ2n) is 5.82. The van der Waals surface area contributed by atoms with Crippen LogP contribution in [0.2, 0.25) is 0 Å². The molecule has 0 amide bonds. The van der Waals surface area contributed by atoms with Gasteiger partial charge in [0, 0.05) is 24.7 Å². The van der Waals surface area contributed by atoms with E-state index < -0.39 is 22.8 Å². The van der Waals surface area contributed by atoms with Gasteiger partial charge >= 0.3 is 0 Å². The second kappa shape index (κ2) is 6.97. The lowest BCUT2D eigenvalue weighted by Crippen LogP contribution is -2.12. The van der Waals surface area contributed by atoms with Crippen molar-refractivity contribution >= 4 is 28.0 Å². The number of nitrogens with zero attached hydrogens (tertiary/aromatic N) is 3. The molecule has 0 saturated carbocycles. The van der Waals surface area contributed by atoms with Crippen molar-refractivity contribution in [2.24, 2.45) is 0 Å². The zero-order valence-electron chi connectivity index (χ0n) is 13.9. The Labute approximate surface area is 147 Å². The summed E-state index contributed by atoms with van der Waals surface area (Å²) in [7, 11) is 0. The van der Waals surface area contributed by atoms with Crippen molar-refractivity contribution in [2.45, 2.75) is 31.7 Å². The normalized spacial score (nSPS) is 12.7. The number of imidazole rings is 1. The Hall–Kier alpha value is -2.19. The van der Waals surface area contributed by atoms with Crippen LogP contribution in [0.15, 0.2) is 29.4 Å². The molecule has 1 unspecified atom stereocenters. The lowest BCUT2D eigenvalue weighted by atomic mass is 10.2. The van der Waals surface area contributed by atoms with E-state index in [0.29, 0.717) is 24.3 Å². The number of hydrogen-bond acceptors (Lipinski definition) is 4. The van der Waals surface area contributed by atoms with Gasteiger partial charge in [0.2, 0.25) is 0 Å². The summed E-state index contributed by atoms with van der Waals surface area (Å²) in [6.45, 7) is 4.40. The lowest BCUT2D eigenvalue weighted by molar-refractivity contribution is 0.546. The van der Waals surface area contributed by atoms with Gasteiger partial charge in [-0.25, -0.2) is 18.7 Å². The Kier molecular flexibility index (Phi) is 4.91. The van der Waals surface area contributed by atoms with Crippen LogP contribution in [0.1, 0.15) is 17.7 Å². The number of halogens is 2. The molecule has 2 N–H and O–H groups in total. The molecule has 0 saturated heterocycles. The number of rotatable bonds is 5. The molecule has 132 valence electrons. The van der Waals surface area contributed by atoms with Crippen LogP contribution in [-0.2, 0) is 17.7 Å². The fourth-order valence-electron chi connectivity index (χ4n) is 2.76. The molecule has 1 aromatic carbocycles. The van der Waals surface area contributed by atoms with E-state index in [-0.39, 0.29) is 10.6 Å². The van der Waals surface area contributed by atoms with Gasteiger partial charge in [0.25, 0.3) is 0 Å². The molecule has 8 heteroatoms. The summed E-state index contributed by atoms with van der Waals surface area (Å²) in [6, 6.07) is 3.09. The maximum atomic E-state index is 13.7. The van der Waals surface area contributed by atoms with Crippen LogP contribution in [0.3, 0.4) is 0 Å². The van der Waals surface area contributed by atoms with Gasteiger partial charge in [-0.05, 0) is 42.7 Å². The smallest absolute Gasteiger partial charge is 0.188 e. The lowest BCUT2D eigenvalue weighted by Gasteiger charge is -2.12. The summed E-state index contributed by atoms with van der Waals surface area (Å²) in [5.41, 5.74) is 9.30. The zero-order chi connectivity index (χ0) is 18.1. The summed E-state index contributed by atoms with van der Waals surface area (Å²) in [5.74, 6) is -0.813. The molecule has 3 rings (SSSR count). The van der Waals surface area contributed by atoms with Crippen molar-refractivity contribution in [2.75, 3.05) is 11.5 Å². The molecule has 0 aliphatic heterocycles. The number of aromatic nitrogens is 3. The van der Waals surface area contributed by atoms with E-state index in [9.17, 15) is 13.3 Å². The minimum absolute atomic E-state index is 0.0253. The molecular weight excluding hydrogens is 346 g/mol. The van der Waals surface area contributed by atoms with Crippen LogP contribution in [0.4, 0.5) is 14.6 Å². The Morgan fingerprint density at radius 1 is 1.28 bits per heavy atom. The predicted octanol–water partition coefficient (Wildman–Crippen LogP) is 3.11. The third-order valence-corrected chi connectivity index (χ3v) is 5.62. The summed E-state index contributed by atoms with van der Waals surface area (Å²) in [4.78, 5) is 8.58. The van der Waals surface area contributed by atoms with Gasteiger partial charge in [-0.2, -0.15) is 0 Å². The summed E-state index contributed by atoms with van der Waals surface area (Å²) >= 11 is -1.53. The van der Waals surface area contributed by atoms with Gasteiger partial charge in [-0.3, -0.25) is 0 Å². The first-order valence-corrected chi connectivity index (χ1v) is 9.11. The number of anilines is 1. The molecule has 5 nitrogen and oxygen atoms in total. The van der Waals surface area contributed by atoms with E-state index in [1.54, 1.807) is 6.33 Å². The molecule has 0 spiro atoms. The highest BCUT2D eigenvalue weighted by Crippen LogP contribution is 2.24. The molecule has 2 heterocycles. The largest absolute Gasteiger partial charge is 0.611 e. The van der Waals surface area contributed by atoms with E-state index in [4.69, 9.17) is 5.73 Å². The molecule has 0 fully saturated rings. The van der Waals surface area contributed by atoms with E-state index in [2.05, 4.69) is 9.97 Å². The number of hydrogen-bond donors (Lipinski definition) is 1. The molecule has 0 bridgehead atoms. The number of aryl methyl sites for hydroxylation is 3. The van der Waals surface area contributed by atoms with Gasteiger partial charge in [0.05, 0.1) is 11.8 Å². The monoisotopic (exact) mass is 364 g/mol. The van der Waals surface area contributed by atoms with Crippen molar-refractivity contribution in [3.63, 3.8) is 0 Å². The second-order valence-corrected chi connectivity index (χ2v) is 7.36. The fourth-order valence-corrected chi connectivity index (χ4v) is 3.86. The van der Waals surface area contributed by atoms with Crippen molar-refractivity contribution in [1.82, 2.24) is 14.5 Å². The standard InChI is InChI=1S/C17H18F2N4OS/c1-10-11(2)22-17(20)15-16(10)23(9-21-15)6-3-7-25(24)14-5-4-12(18)8-13(14)19/h4-5,8-9H,3,6-7H2,1-2H3,(H2,20,22). The first-order valence-electron chi connectivity index (χ1n) is 7.79.